The highest BCUT2D eigenvalue weighted by Gasteiger charge is 2.24. The summed E-state index contributed by atoms with van der Waals surface area (Å²) in [6.07, 6.45) is -1.28. The molecular formula is C22H24F3N5O3S. The van der Waals surface area contributed by atoms with Crippen LogP contribution in [-0.4, -0.2) is 47.8 Å². The van der Waals surface area contributed by atoms with Crippen molar-refractivity contribution in [2.45, 2.75) is 30.7 Å². The van der Waals surface area contributed by atoms with E-state index in [1.54, 1.807) is 18.2 Å². The number of hydrogen-bond acceptors (Lipinski definition) is 6. The Morgan fingerprint density at radius 3 is 2.38 bits per heavy atom. The Bertz CT molecular complexity index is 1230. The van der Waals surface area contributed by atoms with Gasteiger partial charge in [-0.1, -0.05) is 24.3 Å². The molecule has 0 spiro atoms. The van der Waals surface area contributed by atoms with Crippen LogP contribution in [0.15, 0.2) is 53.4 Å². The molecule has 2 N–H and O–H groups in total. The Morgan fingerprint density at radius 1 is 1.09 bits per heavy atom. The highest BCUT2D eigenvalue weighted by atomic mass is 32.2. The Labute approximate surface area is 195 Å². The van der Waals surface area contributed by atoms with E-state index >= 15 is 0 Å². The van der Waals surface area contributed by atoms with Gasteiger partial charge in [-0.15, -0.1) is 5.10 Å². The minimum atomic E-state index is -3.72. The van der Waals surface area contributed by atoms with E-state index in [1.165, 1.54) is 30.3 Å². The first-order valence-corrected chi connectivity index (χ1v) is 12.2. The lowest BCUT2D eigenvalue weighted by Gasteiger charge is -2.31. The molecule has 0 atom stereocenters. The van der Waals surface area contributed by atoms with Gasteiger partial charge in [0.1, 0.15) is 11.5 Å². The number of para-hydroxylation sites is 1. The number of rotatable bonds is 8. The molecule has 2 heterocycles. The fraction of sp³-hybridized carbons (Fsp3) is 0.364. The number of nitrogens with two attached hydrogens (primary N) is 1. The fourth-order valence-corrected chi connectivity index (χ4v) is 4.34. The van der Waals surface area contributed by atoms with Crippen molar-refractivity contribution in [3.63, 3.8) is 0 Å². The van der Waals surface area contributed by atoms with Crippen LogP contribution in [0.1, 0.15) is 30.7 Å². The Balaban J connectivity index is 1.34. The summed E-state index contributed by atoms with van der Waals surface area (Å²) in [4.78, 5) is 6.07. The van der Waals surface area contributed by atoms with Gasteiger partial charge in [0.15, 0.2) is 0 Å². The van der Waals surface area contributed by atoms with Gasteiger partial charge >= 0.3 is 6.01 Å². The van der Waals surface area contributed by atoms with E-state index in [0.717, 1.165) is 36.2 Å². The second-order valence-electron chi connectivity index (χ2n) is 8.14. The van der Waals surface area contributed by atoms with E-state index in [9.17, 15) is 21.6 Å². The molecule has 0 saturated carbocycles. The van der Waals surface area contributed by atoms with Crippen LogP contribution >= 0.6 is 0 Å². The third kappa shape index (κ3) is 5.75. The van der Waals surface area contributed by atoms with E-state index in [2.05, 4.69) is 15.0 Å². The van der Waals surface area contributed by atoms with Crippen molar-refractivity contribution in [2.75, 3.05) is 19.7 Å². The zero-order chi connectivity index (χ0) is 24.3. The molecule has 4 rings (SSSR count). The third-order valence-corrected chi connectivity index (χ3v) is 6.61. The van der Waals surface area contributed by atoms with Gasteiger partial charge in [0.2, 0.25) is 15.8 Å². The maximum Gasteiger partial charge on any atom is 0.320 e. The third-order valence-electron chi connectivity index (χ3n) is 5.68. The van der Waals surface area contributed by atoms with Crippen LogP contribution in [0.2, 0.25) is 0 Å². The highest BCUT2D eigenvalue weighted by molar-refractivity contribution is 7.89. The van der Waals surface area contributed by atoms with Gasteiger partial charge in [-0.05, 0) is 61.7 Å². The Hall–Kier alpha value is -2.96. The molecule has 1 saturated heterocycles. The molecule has 0 bridgehead atoms. The van der Waals surface area contributed by atoms with Crippen LogP contribution in [0.5, 0.6) is 6.01 Å². The maximum absolute atomic E-state index is 14.2. The van der Waals surface area contributed by atoms with Crippen molar-refractivity contribution in [3.8, 4) is 11.7 Å². The number of sulfonamides is 1. The monoisotopic (exact) mass is 495 g/mol. The standard InChI is InChI=1S/C22H24F3N5O3S/c23-18-3-1-2-4-19(18)30-22(27-21(28-30)20(24)25)33-14-16-9-11-29(12-10-16)13-15-5-7-17(8-6-15)34(26,31)32/h1-8,16,20H,9-14H2,(H2,26,31,32). The number of alkyl halides is 2. The zero-order valence-corrected chi connectivity index (χ0v) is 19.0. The van der Waals surface area contributed by atoms with Gasteiger partial charge in [-0.2, -0.15) is 9.67 Å². The summed E-state index contributed by atoms with van der Waals surface area (Å²) < 4.78 is 69.9. The second kappa shape index (κ2) is 10.1. The van der Waals surface area contributed by atoms with Crippen LogP contribution in [0.25, 0.3) is 5.69 Å². The van der Waals surface area contributed by atoms with Crippen LogP contribution < -0.4 is 9.88 Å². The average molecular weight is 496 g/mol. The molecule has 1 aliphatic rings. The average Bonchev–Trinajstić information content (AvgIpc) is 3.23. The van der Waals surface area contributed by atoms with E-state index in [-0.39, 0.29) is 29.1 Å². The molecule has 0 aliphatic carbocycles. The SMILES string of the molecule is NS(=O)(=O)c1ccc(CN2CCC(COc3nc(C(F)F)nn3-c3ccccc3F)CC2)cc1. The lowest BCUT2D eigenvalue weighted by atomic mass is 9.97. The number of ether oxygens (including phenoxy) is 1. The van der Waals surface area contributed by atoms with E-state index in [4.69, 9.17) is 9.88 Å². The largest absolute Gasteiger partial charge is 0.463 e. The molecular weight excluding hydrogens is 471 g/mol. The molecule has 12 heteroatoms. The summed E-state index contributed by atoms with van der Waals surface area (Å²) in [6.45, 7) is 2.48. The predicted octanol–water partition coefficient (Wildman–Crippen LogP) is 3.28. The first-order chi connectivity index (χ1) is 16.2. The molecule has 1 fully saturated rings. The first kappa shape index (κ1) is 24.2. The molecule has 1 aromatic heterocycles. The zero-order valence-electron chi connectivity index (χ0n) is 18.1. The molecule has 0 unspecified atom stereocenters. The van der Waals surface area contributed by atoms with Gasteiger partial charge in [0.05, 0.1) is 11.5 Å². The lowest BCUT2D eigenvalue weighted by molar-refractivity contribution is 0.129. The molecule has 182 valence electrons. The van der Waals surface area contributed by atoms with Crippen molar-refractivity contribution in [3.05, 3.63) is 65.7 Å². The molecule has 0 radical (unpaired) electrons. The van der Waals surface area contributed by atoms with Crippen LogP contribution in [0, 0.1) is 11.7 Å². The summed E-state index contributed by atoms with van der Waals surface area (Å²) in [5.74, 6) is -1.17. The molecule has 0 amide bonds. The molecule has 1 aliphatic heterocycles. The van der Waals surface area contributed by atoms with E-state index in [0.29, 0.717) is 6.54 Å². The van der Waals surface area contributed by atoms with Crippen molar-refractivity contribution in [1.29, 1.82) is 0 Å². The molecule has 8 nitrogen and oxygen atoms in total. The van der Waals surface area contributed by atoms with Gasteiger partial charge < -0.3 is 4.74 Å². The number of aromatic nitrogens is 3. The summed E-state index contributed by atoms with van der Waals surface area (Å²) in [5.41, 5.74) is 0.958. The number of hydrogen-bond donors (Lipinski definition) is 1. The number of nitrogens with zero attached hydrogens (tertiary/aromatic N) is 4. The number of piperidine rings is 1. The van der Waals surface area contributed by atoms with Gasteiger partial charge in [-0.3, -0.25) is 4.90 Å². The molecule has 34 heavy (non-hydrogen) atoms. The van der Waals surface area contributed by atoms with E-state index in [1.807, 2.05) is 0 Å². The Kier molecular flexibility index (Phi) is 7.19. The smallest absolute Gasteiger partial charge is 0.320 e. The quantitative estimate of drug-likeness (QED) is 0.515. The minimum absolute atomic E-state index is 0.0137. The fourth-order valence-electron chi connectivity index (χ4n) is 3.83. The lowest BCUT2D eigenvalue weighted by Crippen LogP contribution is -2.35. The summed E-state index contributed by atoms with van der Waals surface area (Å²) in [5, 5.41) is 8.85. The number of primary sulfonamides is 1. The molecule has 2 aromatic carbocycles. The second-order valence-corrected chi connectivity index (χ2v) is 9.70. The topological polar surface area (TPSA) is 103 Å². The number of benzene rings is 2. The first-order valence-electron chi connectivity index (χ1n) is 10.7. The van der Waals surface area contributed by atoms with E-state index < -0.39 is 28.1 Å². The van der Waals surface area contributed by atoms with Crippen LogP contribution in [0.3, 0.4) is 0 Å². The van der Waals surface area contributed by atoms with Crippen LogP contribution in [-0.2, 0) is 16.6 Å². The minimum Gasteiger partial charge on any atom is -0.463 e. The van der Waals surface area contributed by atoms with Crippen molar-refractivity contribution in [1.82, 2.24) is 19.7 Å². The predicted molar refractivity (Wildman–Crippen MR) is 118 cm³/mol. The van der Waals surface area contributed by atoms with Gasteiger partial charge in [0.25, 0.3) is 6.43 Å². The number of halogens is 3. The number of likely N-dealkylation sites (tertiary alicyclic amines) is 1. The summed E-state index contributed by atoms with van der Waals surface area (Å²) in [6, 6.07) is 12.0. The van der Waals surface area contributed by atoms with Crippen LogP contribution in [0.4, 0.5) is 13.2 Å². The van der Waals surface area contributed by atoms with Crippen molar-refractivity contribution >= 4 is 10.0 Å². The van der Waals surface area contributed by atoms with Gasteiger partial charge in [0, 0.05) is 6.54 Å². The normalized spacial score (nSPS) is 15.7. The Morgan fingerprint density at radius 2 is 1.76 bits per heavy atom. The van der Waals surface area contributed by atoms with Crippen molar-refractivity contribution in [2.24, 2.45) is 11.1 Å². The summed E-state index contributed by atoms with van der Waals surface area (Å²) >= 11 is 0. The maximum atomic E-state index is 14.2. The highest BCUT2D eigenvalue weighted by Crippen LogP contribution is 2.25. The molecule has 3 aromatic rings. The summed E-state index contributed by atoms with van der Waals surface area (Å²) in [7, 11) is -3.72. The van der Waals surface area contributed by atoms with Gasteiger partial charge in [-0.25, -0.2) is 26.7 Å². The van der Waals surface area contributed by atoms with Crippen molar-refractivity contribution < 1.29 is 26.3 Å².